The van der Waals surface area contributed by atoms with Crippen molar-refractivity contribution < 1.29 is 9.32 Å². The summed E-state index contributed by atoms with van der Waals surface area (Å²) in [5, 5.41) is 3.98. The van der Waals surface area contributed by atoms with E-state index in [0.29, 0.717) is 24.3 Å². The highest BCUT2D eigenvalue weighted by Gasteiger charge is 2.43. The zero-order valence-electron chi connectivity index (χ0n) is 18.1. The number of benzene rings is 1. The van der Waals surface area contributed by atoms with Crippen LogP contribution >= 0.6 is 0 Å². The number of amides is 1. The second-order valence-corrected chi connectivity index (χ2v) is 9.07. The first-order chi connectivity index (χ1) is 14.4. The zero-order chi connectivity index (χ0) is 21.0. The lowest BCUT2D eigenvalue weighted by Gasteiger charge is -2.24. The van der Waals surface area contributed by atoms with Crippen LogP contribution in [0, 0.1) is 25.7 Å². The first-order valence-electron chi connectivity index (χ1n) is 10.8. The first-order valence-corrected chi connectivity index (χ1v) is 10.8. The highest BCUT2D eigenvalue weighted by molar-refractivity contribution is 5.80. The summed E-state index contributed by atoms with van der Waals surface area (Å²) >= 11 is 0. The molecule has 0 bridgehead atoms. The Morgan fingerprint density at radius 1 is 1.13 bits per heavy atom. The summed E-state index contributed by atoms with van der Waals surface area (Å²) < 4.78 is 7.56. The van der Waals surface area contributed by atoms with E-state index in [1.54, 1.807) is 0 Å². The number of aromatic nitrogens is 3. The Balaban J connectivity index is 1.30. The molecule has 0 saturated carbocycles. The van der Waals surface area contributed by atoms with Crippen LogP contribution in [0.3, 0.4) is 0 Å². The van der Waals surface area contributed by atoms with Gasteiger partial charge in [-0.05, 0) is 39.8 Å². The Morgan fingerprint density at radius 3 is 2.47 bits per heavy atom. The van der Waals surface area contributed by atoms with Crippen molar-refractivity contribution in [1.82, 2.24) is 19.6 Å². The molecule has 1 aromatic carbocycles. The number of hydrogen-bond donors (Lipinski definition) is 0. The number of nitrogens with zero attached hydrogens (tertiary/aromatic N) is 5. The first kappa shape index (κ1) is 19.2. The minimum absolute atomic E-state index is 0.180. The average molecular weight is 408 g/mol. The van der Waals surface area contributed by atoms with Gasteiger partial charge in [0.05, 0.1) is 23.1 Å². The quantitative estimate of drug-likeness (QED) is 0.663. The summed E-state index contributed by atoms with van der Waals surface area (Å²) in [4.78, 5) is 22.3. The minimum Gasteiger partial charge on any atom is -0.361 e. The van der Waals surface area contributed by atoms with E-state index in [4.69, 9.17) is 9.51 Å². The number of rotatable bonds is 4. The van der Waals surface area contributed by atoms with Gasteiger partial charge in [0.2, 0.25) is 11.9 Å². The van der Waals surface area contributed by atoms with Gasteiger partial charge in [0.25, 0.3) is 0 Å². The van der Waals surface area contributed by atoms with E-state index < -0.39 is 0 Å². The number of carbonyl (C=O) groups is 1. The topological polar surface area (TPSA) is 67.4 Å². The van der Waals surface area contributed by atoms with Crippen molar-refractivity contribution in [3.05, 3.63) is 41.3 Å². The maximum absolute atomic E-state index is 12.9. The Morgan fingerprint density at radius 2 is 1.83 bits per heavy atom. The summed E-state index contributed by atoms with van der Waals surface area (Å²) in [7, 11) is 0. The van der Waals surface area contributed by atoms with E-state index in [1.165, 1.54) is 5.52 Å². The van der Waals surface area contributed by atoms with Gasteiger partial charge < -0.3 is 18.9 Å². The maximum Gasteiger partial charge on any atom is 0.227 e. The second kappa shape index (κ2) is 7.15. The molecular formula is C23H29N5O2. The van der Waals surface area contributed by atoms with Crippen molar-refractivity contribution in [2.75, 3.05) is 31.1 Å². The lowest BCUT2D eigenvalue weighted by molar-refractivity contribution is -0.129. The van der Waals surface area contributed by atoms with Gasteiger partial charge in [0.1, 0.15) is 5.76 Å². The highest BCUT2D eigenvalue weighted by atomic mass is 16.5. The van der Waals surface area contributed by atoms with Crippen LogP contribution < -0.4 is 4.90 Å². The fourth-order valence-corrected chi connectivity index (χ4v) is 5.14. The molecule has 2 fully saturated rings. The van der Waals surface area contributed by atoms with Gasteiger partial charge in [-0.3, -0.25) is 4.79 Å². The number of hydrogen-bond acceptors (Lipinski definition) is 5. The summed E-state index contributed by atoms with van der Waals surface area (Å²) in [6.07, 6.45) is 0.382. The zero-order valence-corrected chi connectivity index (χ0v) is 18.1. The molecule has 3 aromatic rings. The van der Waals surface area contributed by atoms with E-state index >= 15 is 0 Å². The monoisotopic (exact) mass is 407 g/mol. The van der Waals surface area contributed by atoms with Crippen LogP contribution in [0.15, 0.2) is 28.8 Å². The van der Waals surface area contributed by atoms with Gasteiger partial charge in [-0.15, -0.1) is 0 Å². The third kappa shape index (κ3) is 3.07. The third-order valence-electron chi connectivity index (χ3n) is 6.72. The largest absolute Gasteiger partial charge is 0.361 e. The molecular weight excluding hydrogens is 378 g/mol. The molecule has 7 heteroatoms. The van der Waals surface area contributed by atoms with E-state index in [-0.39, 0.29) is 5.91 Å². The van der Waals surface area contributed by atoms with Gasteiger partial charge >= 0.3 is 0 Å². The highest BCUT2D eigenvalue weighted by Crippen LogP contribution is 2.36. The number of imidazole rings is 1. The number of anilines is 1. The Hall–Kier alpha value is -2.83. The van der Waals surface area contributed by atoms with Crippen molar-refractivity contribution in [2.45, 2.75) is 40.2 Å². The molecule has 30 heavy (non-hydrogen) atoms. The van der Waals surface area contributed by atoms with E-state index in [1.807, 2.05) is 24.8 Å². The van der Waals surface area contributed by atoms with Gasteiger partial charge in [-0.25, -0.2) is 4.98 Å². The second-order valence-electron chi connectivity index (χ2n) is 9.07. The van der Waals surface area contributed by atoms with Crippen molar-refractivity contribution in [1.29, 1.82) is 0 Å². The maximum atomic E-state index is 12.9. The Labute approximate surface area is 176 Å². The standard InChI is InChI=1S/C23H29N5O2/c1-14(2)28-21-8-6-5-7-20(21)24-23(28)27-12-17-10-26(11-18(17)13-27)22(29)9-19-15(3)25-30-16(19)4/h5-8,14,17-18H,9-13H2,1-4H3. The van der Waals surface area contributed by atoms with Crippen LogP contribution in [-0.4, -0.2) is 51.7 Å². The summed E-state index contributed by atoms with van der Waals surface area (Å²) in [6.45, 7) is 11.8. The molecule has 0 aliphatic carbocycles. The molecule has 4 heterocycles. The molecule has 2 aliphatic rings. The number of carbonyl (C=O) groups excluding carboxylic acids is 1. The van der Waals surface area contributed by atoms with E-state index in [0.717, 1.165) is 54.7 Å². The smallest absolute Gasteiger partial charge is 0.227 e. The summed E-state index contributed by atoms with van der Waals surface area (Å²) in [5.74, 6) is 2.99. The lowest BCUT2D eigenvalue weighted by atomic mass is 10.0. The van der Waals surface area contributed by atoms with Crippen molar-refractivity contribution in [3.8, 4) is 0 Å². The van der Waals surface area contributed by atoms with E-state index in [9.17, 15) is 4.79 Å². The molecule has 2 unspecified atom stereocenters. The molecule has 0 N–H and O–H groups in total. The van der Waals surface area contributed by atoms with E-state index in [2.05, 4.69) is 46.7 Å². The number of para-hydroxylation sites is 2. The normalized spacial score (nSPS) is 21.2. The van der Waals surface area contributed by atoms with Crippen LogP contribution in [0.1, 0.15) is 36.9 Å². The fraction of sp³-hybridized carbons (Fsp3) is 0.522. The average Bonchev–Trinajstić information content (AvgIpc) is 3.44. The molecule has 1 amide bonds. The molecule has 2 saturated heterocycles. The van der Waals surface area contributed by atoms with Crippen LogP contribution in [0.5, 0.6) is 0 Å². The molecule has 0 spiro atoms. The molecule has 2 atom stereocenters. The van der Waals surface area contributed by atoms with Gasteiger partial charge in [-0.2, -0.15) is 0 Å². The van der Waals surface area contributed by atoms with Crippen molar-refractivity contribution in [3.63, 3.8) is 0 Å². The SMILES string of the molecule is Cc1noc(C)c1CC(=O)N1CC2CN(c3nc4ccccc4n3C(C)C)CC2C1. The Kier molecular flexibility index (Phi) is 4.56. The molecule has 2 aliphatic heterocycles. The summed E-state index contributed by atoms with van der Waals surface area (Å²) in [5.41, 5.74) is 3.99. The van der Waals surface area contributed by atoms with Gasteiger partial charge in [-0.1, -0.05) is 17.3 Å². The van der Waals surface area contributed by atoms with Gasteiger partial charge in [0.15, 0.2) is 0 Å². The summed E-state index contributed by atoms with van der Waals surface area (Å²) in [6, 6.07) is 8.71. The van der Waals surface area contributed by atoms with Crippen LogP contribution in [0.4, 0.5) is 5.95 Å². The molecule has 7 nitrogen and oxygen atoms in total. The Bertz CT molecular complexity index is 1060. The van der Waals surface area contributed by atoms with Crippen LogP contribution in [-0.2, 0) is 11.2 Å². The minimum atomic E-state index is 0.180. The lowest BCUT2D eigenvalue weighted by Crippen LogP contribution is -2.35. The third-order valence-corrected chi connectivity index (χ3v) is 6.72. The number of fused-ring (bicyclic) bond motifs is 2. The van der Waals surface area contributed by atoms with Gasteiger partial charge in [0, 0.05) is 49.6 Å². The number of aryl methyl sites for hydroxylation is 2. The van der Waals surface area contributed by atoms with Crippen molar-refractivity contribution >= 4 is 22.9 Å². The predicted molar refractivity (Wildman–Crippen MR) is 116 cm³/mol. The molecule has 2 aromatic heterocycles. The molecule has 158 valence electrons. The predicted octanol–water partition coefficient (Wildman–Crippen LogP) is 3.36. The van der Waals surface area contributed by atoms with Crippen LogP contribution in [0.25, 0.3) is 11.0 Å². The van der Waals surface area contributed by atoms with Crippen molar-refractivity contribution in [2.24, 2.45) is 11.8 Å². The fourth-order valence-electron chi connectivity index (χ4n) is 5.14. The molecule has 0 radical (unpaired) electrons. The number of likely N-dealkylation sites (tertiary alicyclic amines) is 1. The van der Waals surface area contributed by atoms with Crippen LogP contribution in [0.2, 0.25) is 0 Å². The molecule has 5 rings (SSSR count).